The number of nitrogens with one attached hydrogen (secondary N) is 3. The van der Waals surface area contributed by atoms with E-state index in [2.05, 4.69) is 22.0 Å². The summed E-state index contributed by atoms with van der Waals surface area (Å²) in [6.45, 7) is 3.76. The molecule has 0 saturated carbocycles. The third kappa shape index (κ3) is 7.19. The zero-order chi connectivity index (χ0) is 30.1. The number of rotatable bonds is 10. The molecule has 0 spiro atoms. The number of ether oxygens (including phenoxy) is 2. The number of carbonyl (C=O) groups excluding carboxylic acids is 3. The van der Waals surface area contributed by atoms with Crippen LogP contribution in [0.25, 0.3) is 0 Å². The number of dihydropyridines is 1. The van der Waals surface area contributed by atoms with Gasteiger partial charge in [0.15, 0.2) is 0 Å². The van der Waals surface area contributed by atoms with Gasteiger partial charge in [0, 0.05) is 22.6 Å². The zero-order valence-corrected chi connectivity index (χ0v) is 24.2. The second-order valence-corrected chi connectivity index (χ2v) is 10.2. The van der Waals surface area contributed by atoms with Gasteiger partial charge < -0.3 is 25.4 Å². The highest BCUT2D eigenvalue weighted by Gasteiger charge is 2.34. The van der Waals surface area contributed by atoms with Gasteiger partial charge in [-0.3, -0.25) is 9.59 Å². The molecule has 42 heavy (non-hydrogen) atoms. The van der Waals surface area contributed by atoms with Gasteiger partial charge in [-0.25, -0.2) is 4.79 Å². The first-order valence-corrected chi connectivity index (χ1v) is 14.1. The molecule has 1 atom stereocenters. The number of hydrogen-bond acceptors (Lipinski definition) is 8. The molecule has 0 bridgehead atoms. The number of benzene rings is 3. The lowest BCUT2D eigenvalue weighted by Crippen LogP contribution is -2.31. The Balaban J connectivity index is 1.55. The molecule has 1 aliphatic rings. The topological polar surface area (TPSA) is 130 Å². The Morgan fingerprint density at radius 3 is 2.21 bits per heavy atom. The van der Waals surface area contributed by atoms with Gasteiger partial charge in [-0.1, -0.05) is 42.1 Å². The SMILES string of the molecule is CCOC(=O)c1ccc(NC(=O)C2=C(C)NC(SCC(=O)Nc3ccc(OC)cc3)=C(C#N)[C@H]2c2ccccc2)cc1. The molecule has 3 aromatic rings. The van der Waals surface area contributed by atoms with Crippen LogP contribution < -0.4 is 20.7 Å². The number of esters is 1. The number of allylic oxidation sites excluding steroid dienone is 2. The number of amides is 2. The molecular weight excluding hydrogens is 552 g/mol. The number of hydrogen-bond donors (Lipinski definition) is 3. The van der Waals surface area contributed by atoms with Crippen LogP contribution in [-0.2, 0) is 14.3 Å². The second-order valence-electron chi connectivity index (χ2n) is 9.18. The lowest BCUT2D eigenvalue weighted by atomic mass is 9.82. The van der Waals surface area contributed by atoms with Crippen molar-refractivity contribution >= 4 is 40.9 Å². The lowest BCUT2D eigenvalue weighted by molar-refractivity contribution is -0.114. The van der Waals surface area contributed by atoms with Gasteiger partial charge in [0.1, 0.15) is 5.75 Å². The van der Waals surface area contributed by atoms with E-state index in [1.807, 2.05) is 30.3 Å². The molecule has 1 aliphatic heterocycles. The van der Waals surface area contributed by atoms with E-state index < -0.39 is 17.8 Å². The van der Waals surface area contributed by atoms with E-state index in [0.29, 0.717) is 44.6 Å². The van der Waals surface area contributed by atoms with Crippen LogP contribution in [0.3, 0.4) is 0 Å². The van der Waals surface area contributed by atoms with Gasteiger partial charge in [-0.2, -0.15) is 5.26 Å². The minimum Gasteiger partial charge on any atom is -0.497 e. The summed E-state index contributed by atoms with van der Waals surface area (Å²) in [6.07, 6.45) is 0. The van der Waals surface area contributed by atoms with Crippen molar-refractivity contribution in [3.63, 3.8) is 0 Å². The van der Waals surface area contributed by atoms with E-state index in [1.165, 1.54) is 11.8 Å². The fraction of sp³-hybridized carbons (Fsp3) is 0.188. The normalized spacial score (nSPS) is 14.4. The van der Waals surface area contributed by atoms with Crippen molar-refractivity contribution in [3.05, 3.63) is 112 Å². The molecule has 3 aromatic carbocycles. The molecule has 9 nitrogen and oxygen atoms in total. The van der Waals surface area contributed by atoms with E-state index in [9.17, 15) is 19.6 Å². The Morgan fingerprint density at radius 2 is 1.60 bits per heavy atom. The first kappa shape index (κ1) is 30.0. The van der Waals surface area contributed by atoms with E-state index in [-0.39, 0.29) is 18.3 Å². The minimum absolute atomic E-state index is 0.0443. The van der Waals surface area contributed by atoms with Crippen LogP contribution in [0.15, 0.2) is 101 Å². The predicted molar refractivity (Wildman–Crippen MR) is 163 cm³/mol. The van der Waals surface area contributed by atoms with Crippen LogP contribution in [0.2, 0.25) is 0 Å². The maximum Gasteiger partial charge on any atom is 0.338 e. The smallest absolute Gasteiger partial charge is 0.338 e. The average molecular weight is 583 g/mol. The van der Waals surface area contributed by atoms with Crippen LogP contribution in [0.5, 0.6) is 5.75 Å². The average Bonchev–Trinajstić information content (AvgIpc) is 3.00. The van der Waals surface area contributed by atoms with Gasteiger partial charge in [0.25, 0.3) is 5.91 Å². The van der Waals surface area contributed by atoms with Gasteiger partial charge in [-0.15, -0.1) is 0 Å². The first-order valence-electron chi connectivity index (χ1n) is 13.2. The summed E-state index contributed by atoms with van der Waals surface area (Å²) >= 11 is 1.19. The van der Waals surface area contributed by atoms with Gasteiger partial charge >= 0.3 is 5.97 Å². The summed E-state index contributed by atoms with van der Waals surface area (Å²) in [7, 11) is 1.57. The van der Waals surface area contributed by atoms with Crippen LogP contribution in [0.1, 0.15) is 35.7 Å². The number of thioether (sulfide) groups is 1. The molecule has 0 unspecified atom stereocenters. The van der Waals surface area contributed by atoms with Crippen molar-refractivity contribution in [3.8, 4) is 11.8 Å². The standard InChI is InChI=1S/C32H30N4O5S/c1-4-41-32(39)22-10-12-24(13-11-22)36-30(38)28-20(2)34-31(26(18-33)29(28)21-8-6-5-7-9-21)42-19-27(37)35-23-14-16-25(40-3)17-15-23/h5-17,29,34H,4,19H2,1-3H3,(H,35,37)(H,36,38)/t29-/m1/s1. The van der Waals surface area contributed by atoms with Crippen molar-refractivity contribution < 1.29 is 23.9 Å². The highest BCUT2D eigenvalue weighted by atomic mass is 32.2. The molecule has 0 aromatic heterocycles. The summed E-state index contributed by atoms with van der Waals surface area (Å²) in [5.41, 5.74) is 3.51. The Kier molecular flexibility index (Phi) is 10.0. The van der Waals surface area contributed by atoms with E-state index >= 15 is 0 Å². The summed E-state index contributed by atoms with van der Waals surface area (Å²) in [6, 6.07) is 24.9. The highest BCUT2D eigenvalue weighted by molar-refractivity contribution is 8.03. The predicted octanol–water partition coefficient (Wildman–Crippen LogP) is 5.58. The van der Waals surface area contributed by atoms with Crippen LogP contribution in [0.4, 0.5) is 11.4 Å². The molecule has 0 aliphatic carbocycles. The van der Waals surface area contributed by atoms with Gasteiger partial charge in [0.2, 0.25) is 5.91 Å². The van der Waals surface area contributed by atoms with Crippen LogP contribution >= 0.6 is 11.8 Å². The summed E-state index contributed by atoms with van der Waals surface area (Å²) in [5, 5.41) is 19.7. The maximum absolute atomic E-state index is 13.7. The number of anilines is 2. The number of methoxy groups -OCH3 is 1. The van der Waals surface area contributed by atoms with E-state index in [0.717, 1.165) is 5.56 Å². The maximum atomic E-state index is 13.7. The number of nitriles is 1. The fourth-order valence-electron chi connectivity index (χ4n) is 4.42. The van der Waals surface area contributed by atoms with Crippen LogP contribution in [0, 0.1) is 11.3 Å². The van der Waals surface area contributed by atoms with Crippen LogP contribution in [-0.4, -0.2) is 37.3 Å². The van der Waals surface area contributed by atoms with Gasteiger partial charge in [0.05, 0.1) is 47.6 Å². The fourth-order valence-corrected chi connectivity index (χ4v) is 5.31. The van der Waals surface area contributed by atoms with Crippen molar-refractivity contribution in [1.82, 2.24) is 5.32 Å². The Morgan fingerprint density at radius 1 is 0.952 bits per heavy atom. The quantitative estimate of drug-likeness (QED) is 0.264. The Hall–Kier alpha value is -5.01. The molecule has 214 valence electrons. The molecule has 10 heteroatoms. The Labute approximate surface area is 248 Å². The zero-order valence-electron chi connectivity index (χ0n) is 23.4. The van der Waals surface area contributed by atoms with E-state index in [1.54, 1.807) is 69.5 Å². The van der Waals surface area contributed by atoms with Crippen molar-refractivity contribution in [2.45, 2.75) is 19.8 Å². The third-order valence-electron chi connectivity index (χ3n) is 6.40. The first-order chi connectivity index (χ1) is 20.3. The monoisotopic (exact) mass is 582 g/mol. The molecule has 3 N–H and O–H groups in total. The summed E-state index contributed by atoms with van der Waals surface area (Å²) in [5.74, 6) is -1.02. The summed E-state index contributed by atoms with van der Waals surface area (Å²) < 4.78 is 10.2. The molecule has 4 rings (SSSR count). The molecule has 0 saturated heterocycles. The largest absolute Gasteiger partial charge is 0.497 e. The van der Waals surface area contributed by atoms with Crippen molar-refractivity contribution in [2.24, 2.45) is 0 Å². The highest BCUT2D eigenvalue weighted by Crippen LogP contribution is 2.41. The van der Waals surface area contributed by atoms with Crippen molar-refractivity contribution in [1.29, 1.82) is 5.26 Å². The van der Waals surface area contributed by atoms with E-state index in [4.69, 9.17) is 9.47 Å². The number of carbonyl (C=O) groups is 3. The van der Waals surface area contributed by atoms with Crippen molar-refractivity contribution in [2.75, 3.05) is 30.1 Å². The molecule has 0 radical (unpaired) electrons. The molecule has 0 fully saturated rings. The van der Waals surface area contributed by atoms with Gasteiger partial charge in [-0.05, 0) is 67.9 Å². The molecule has 2 amide bonds. The second kappa shape index (κ2) is 14.1. The third-order valence-corrected chi connectivity index (χ3v) is 7.42. The Bertz CT molecular complexity index is 1560. The number of nitrogens with zero attached hydrogens (tertiary/aromatic N) is 1. The lowest BCUT2D eigenvalue weighted by Gasteiger charge is -2.30. The summed E-state index contributed by atoms with van der Waals surface area (Å²) in [4.78, 5) is 38.4. The molecule has 1 heterocycles. The minimum atomic E-state index is -0.664. The molecular formula is C32H30N4O5S.